The number of fused-ring (bicyclic) bond motifs is 6. The summed E-state index contributed by atoms with van der Waals surface area (Å²) in [6, 6.07) is 47.4. The standard InChI is InChI=1S/C44H31N3/c1-3-4-6-13-29(2)42-45-43(31-15-7-5-8-16-31)47-44(46-42)35-27-32-17-10-12-19-37(32)41(28-35)34-21-23-38-33(26-34)22-25-39-36-18-11-9-14-30(36)20-24-40(38)39/h3-28H,1H2,2H3/b6-4-,29-13+. The molecule has 0 aliphatic rings. The molecule has 0 aliphatic heterocycles. The van der Waals surface area contributed by atoms with E-state index in [4.69, 9.17) is 15.0 Å². The van der Waals surface area contributed by atoms with Crippen LogP contribution < -0.4 is 0 Å². The van der Waals surface area contributed by atoms with E-state index in [2.05, 4.69) is 110 Å². The summed E-state index contributed by atoms with van der Waals surface area (Å²) in [6.45, 7) is 5.80. The van der Waals surface area contributed by atoms with Gasteiger partial charge in [0.1, 0.15) is 0 Å². The number of benzene rings is 7. The predicted molar refractivity (Wildman–Crippen MR) is 199 cm³/mol. The molecule has 0 fully saturated rings. The van der Waals surface area contributed by atoms with Gasteiger partial charge in [0.05, 0.1) is 0 Å². The summed E-state index contributed by atoms with van der Waals surface area (Å²) < 4.78 is 0. The van der Waals surface area contributed by atoms with Gasteiger partial charge in [-0.3, -0.25) is 0 Å². The van der Waals surface area contributed by atoms with Crippen molar-refractivity contribution in [2.75, 3.05) is 0 Å². The summed E-state index contributed by atoms with van der Waals surface area (Å²) in [7, 11) is 0. The second kappa shape index (κ2) is 12.0. The molecule has 0 N–H and O–H groups in total. The van der Waals surface area contributed by atoms with Gasteiger partial charge in [0.2, 0.25) is 0 Å². The van der Waals surface area contributed by atoms with Gasteiger partial charge in [-0.2, -0.15) is 0 Å². The van der Waals surface area contributed by atoms with Gasteiger partial charge < -0.3 is 0 Å². The van der Waals surface area contributed by atoms with E-state index in [9.17, 15) is 0 Å². The third-order valence-electron chi connectivity index (χ3n) is 8.79. The van der Waals surface area contributed by atoms with E-state index in [-0.39, 0.29) is 0 Å². The Labute approximate surface area is 273 Å². The zero-order valence-corrected chi connectivity index (χ0v) is 26.1. The highest BCUT2D eigenvalue weighted by atomic mass is 15.0. The molecule has 7 aromatic carbocycles. The minimum Gasteiger partial charge on any atom is -0.209 e. The third-order valence-corrected chi connectivity index (χ3v) is 8.79. The molecule has 1 aromatic heterocycles. The molecule has 8 aromatic rings. The molecule has 8 rings (SSSR count). The van der Waals surface area contributed by atoms with E-state index < -0.39 is 0 Å². The lowest BCUT2D eigenvalue weighted by Crippen LogP contribution is -2.02. The van der Waals surface area contributed by atoms with Crippen molar-refractivity contribution in [3.8, 4) is 33.9 Å². The summed E-state index contributed by atoms with van der Waals surface area (Å²) in [4.78, 5) is 14.9. The summed E-state index contributed by atoms with van der Waals surface area (Å²) in [5.74, 6) is 1.92. The highest BCUT2D eigenvalue weighted by Gasteiger charge is 2.15. The molecule has 3 nitrogen and oxygen atoms in total. The van der Waals surface area contributed by atoms with Crippen molar-refractivity contribution in [2.24, 2.45) is 0 Å². The Balaban J connectivity index is 1.31. The first-order chi connectivity index (χ1) is 23.2. The fourth-order valence-electron chi connectivity index (χ4n) is 6.43. The molecule has 3 heteroatoms. The summed E-state index contributed by atoms with van der Waals surface area (Å²) in [5.41, 5.74) is 5.13. The Hall–Kier alpha value is -6.19. The fraction of sp³-hybridized carbons (Fsp3) is 0.0227. The Morgan fingerprint density at radius 1 is 0.489 bits per heavy atom. The zero-order valence-electron chi connectivity index (χ0n) is 26.1. The van der Waals surface area contributed by atoms with Crippen LogP contribution in [-0.2, 0) is 0 Å². The van der Waals surface area contributed by atoms with Crippen molar-refractivity contribution < 1.29 is 0 Å². The largest absolute Gasteiger partial charge is 0.209 e. The highest BCUT2D eigenvalue weighted by Crippen LogP contribution is 2.37. The summed E-state index contributed by atoms with van der Waals surface area (Å²) in [5, 5.41) is 9.86. The van der Waals surface area contributed by atoms with Crippen LogP contribution in [0.5, 0.6) is 0 Å². The van der Waals surface area contributed by atoms with Crippen LogP contribution in [-0.4, -0.2) is 15.0 Å². The van der Waals surface area contributed by atoms with Gasteiger partial charge in [0.15, 0.2) is 17.5 Å². The second-order valence-electron chi connectivity index (χ2n) is 11.8. The molecule has 0 amide bonds. The smallest absolute Gasteiger partial charge is 0.164 e. The van der Waals surface area contributed by atoms with Crippen molar-refractivity contribution in [3.05, 3.63) is 170 Å². The van der Waals surface area contributed by atoms with Crippen LogP contribution in [0.1, 0.15) is 12.7 Å². The lowest BCUT2D eigenvalue weighted by Gasteiger charge is -2.14. The first-order valence-corrected chi connectivity index (χ1v) is 15.8. The number of rotatable bonds is 6. The molecule has 0 spiro atoms. The zero-order chi connectivity index (χ0) is 31.7. The van der Waals surface area contributed by atoms with Gasteiger partial charge in [-0.15, -0.1) is 0 Å². The van der Waals surface area contributed by atoms with Crippen LogP contribution in [0.4, 0.5) is 0 Å². The molecular weight excluding hydrogens is 571 g/mol. The van der Waals surface area contributed by atoms with Gasteiger partial charge in [-0.1, -0.05) is 146 Å². The highest BCUT2D eigenvalue weighted by molar-refractivity contribution is 6.17. The van der Waals surface area contributed by atoms with Crippen LogP contribution >= 0.6 is 0 Å². The van der Waals surface area contributed by atoms with E-state index in [1.807, 2.05) is 55.5 Å². The van der Waals surface area contributed by atoms with Crippen LogP contribution in [0.25, 0.3) is 82.6 Å². The summed E-state index contributed by atoms with van der Waals surface area (Å²) >= 11 is 0. The predicted octanol–water partition coefficient (Wildman–Crippen LogP) is 11.6. The maximum atomic E-state index is 5.02. The van der Waals surface area contributed by atoms with Crippen molar-refractivity contribution >= 4 is 48.7 Å². The molecule has 47 heavy (non-hydrogen) atoms. The lowest BCUT2D eigenvalue weighted by atomic mass is 9.92. The first-order valence-electron chi connectivity index (χ1n) is 15.8. The normalized spacial score (nSPS) is 12.1. The minimum absolute atomic E-state index is 0.639. The van der Waals surface area contributed by atoms with E-state index >= 15 is 0 Å². The SMILES string of the molecule is C=C/C=C\C=C(/C)c1nc(-c2ccccc2)nc(-c2cc(-c3ccc4c(ccc5c6ccccc6ccc45)c3)c3ccccc3c2)n1. The first kappa shape index (κ1) is 28.3. The fourth-order valence-corrected chi connectivity index (χ4v) is 6.43. The number of aromatic nitrogens is 3. The number of allylic oxidation sites excluding steroid dienone is 5. The van der Waals surface area contributed by atoms with E-state index in [0.717, 1.165) is 33.2 Å². The van der Waals surface area contributed by atoms with Crippen molar-refractivity contribution in [1.82, 2.24) is 15.0 Å². The maximum absolute atomic E-state index is 5.02. The lowest BCUT2D eigenvalue weighted by molar-refractivity contribution is 1.03. The third kappa shape index (κ3) is 5.28. The molecular formula is C44H31N3. The molecule has 1 heterocycles. The number of hydrogen-bond donors (Lipinski definition) is 0. The monoisotopic (exact) mass is 601 g/mol. The number of hydrogen-bond acceptors (Lipinski definition) is 3. The van der Waals surface area contributed by atoms with Gasteiger partial charge in [0, 0.05) is 11.1 Å². The van der Waals surface area contributed by atoms with Crippen molar-refractivity contribution in [3.63, 3.8) is 0 Å². The van der Waals surface area contributed by atoms with Gasteiger partial charge in [-0.05, 0) is 84.9 Å². The topological polar surface area (TPSA) is 38.7 Å². The van der Waals surface area contributed by atoms with E-state index in [1.165, 1.54) is 37.7 Å². The molecule has 0 radical (unpaired) electrons. The van der Waals surface area contributed by atoms with Crippen molar-refractivity contribution in [1.29, 1.82) is 0 Å². The summed E-state index contributed by atoms with van der Waals surface area (Å²) in [6.07, 6.45) is 7.61. The quantitative estimate of drug-likeness (QED) is 0.141. The molecule has 0 saturated heterocycles. The number of nitrogens with zero attached hydrogens (tertiary/aromatic N) is 3. The van der Waals surface area contributed by atoms with Gasteiger partial charge in [0.25, 0.3) is 0 Å². The second-order valence-corrected chi connectivity index (χ2v) is 11.8. The van der Waals surface area contributed by atoms with Gasteiger partial charge in [-0.25, -0.2) is 15.0 Å². The van der Waals surface area contributed by atoms with Crippen LogP contribution in [0, 0.1) is 0 Å². The average molecular weight is 602 g/mol. The Morgan fingerprint density at radius 3 is 1.87 bits per heavy atom. The Kier molecular flexibility index (Phi) is 7.20. The molecule has 0 atom stereocenters. The van der Waals surface area contributed by atoms with Gasteiger partial charge >= 0.3 is 0 Å². The maximum Gasteiger partial charge on any atom is 0.164 e. The van der Waals surface area contributed by atoms with Crippen molar-refractivity contribution in [2.45, 2.75) is 6.92 Å². The molecule has 0 unspecified atom stereocenters. The van der Waals surface area contributed by atoms with E-state index in [1.54, 1.807) is 6.08 Å². The molecule has 222 valence electrons. The van der Waals surface area contributed by atoms with E-state index in [0.29, 0.717) is 17.5 Å². The van der Waals surface area contributed by atoms with Crippen LogP contribution in [0.3, 0.4) is 0 Å². The van der Waals surface area contributed by atoms with Crippen LogP contribution in [0.15, 0.2) is 164 Å². The average Bonchev–Trinajstić information content (AvgIpc) is 3.14. The minimum atomic E-state index is 0.639. The molecule has 0 saturated carbocycles. The van der Waals surface area contributed by atoms with Crippen LogP contribution in [0.2, 0.25) is 0 Å². The Bertz CT molecular complexity index is 2540. The Morgan fingerprint density at radius 2 is 1.09 bits per heavy atom. The molecule has 0 bridgehead atoms. The molecule has 0 aliphatic carbocycles.